The molecule has 0 aliphatic carbocycles. The molecule has 134 valence electrons. The van der Waals surface area contributed by atoms with Crippen LogP contribution in [0.25, 0.3) is 0 Å². The largest absolute Gasteiger partial charge is 0.496 e. The lowest BCUT2D eigenvalue weighted by atomic mass is 10.1. The molecule has 0 aromatic heterocycles. The van der Waals surface area contributed by atoms with Gasteiger partial charge >= 0.3 is 0 Å². The van der Waals surface area contributed by atoms with Gasteiger partial charge in [0, 0.05) is 12.6 Å². The molecule has 7 heteroatoms. The fourth-order valence-corrected chi connectivity index (χ4v) is 2.94. The summed E-state index contributed by atoms with van der Waals surface area (Å²) in [6.07, 6.45) is -0.140. The van der Waals surface area contributed by atoms with Crippen molar-refractivity contribution in [3.63, 3.8) is 0 Å². The van der Waals surface area contributed by atoms with Crippen molar-refractivity contribution >= 4 is 35.6 Å². The van der Waals surface area contributed by atoms with E-state index in [1.54, 1.807) is 17.0 Å². The van der Waals surface area contributed by atoms with E-state index in [-0.39, 0.29) is 24.4 Å². The predicted octanol–water partition coefficient (Wildman–Crippen LogP) is 3.57. The van der Waals surface area contributed by atoms with E-state index < -0.39 is 0 Å². The summed E-state index contributed by atoms with van der Waals surface area (Å²) in [5, 5.41) is 0.340. The lowest BCUT2D eigenvalue weighted by Crippen LogP contribution is -2.42. The molecule has 0 bridgehead atoms. The monoisotopic (exact) mass is 382 g/mol. The summed E-state index contributed by atoms with van der Waals surface area (Å²) in [4.78, 5) is 14.7. The third kappa shape index (κ3) is 4.18. The summed E-state index contributed by atoms with van der Waals surface area (Å²) >= 11 is 6.07. The quantitative estimate of drug-likeness (QED) is 0.824. The highest BCUT2D eigenvalue weighted by Crippen LogP contribution is 2.31. The molecular formula is C18H20Cl2N2O3. The van der Waals surface area contributed by atoms with Crippen molar-refractivity contribution in [1.82, 2.24) is 4.90 Å². The number of hydrogen-bond acceptors (Lipinski definition) is 4. The van der Waals surface area contributed by atoms with Crippen molar-refractivity contribution < 1.29 is 14.3 Å². The minimum absolute atomic E-state index is 0. The van der Waals surface area contributed by atoms with Gasteiger partial charge in [0.15, 0.2) is 0 Å². The molecule has 1 unspecified atom stereocenters. The SMILES string of the molecule is COc1cc(N)c(Cl)cc1C(=O)N1CCOC(c2ccccc2)C1.Cl. The van der Waals surface area contributed by atoms with Crippen LogP contribution in [0.5, 0.6) is 5.75 Å². The average molecular weight is 383 g/mol. The number of rotatable bonds is 3. The van der Waals surface area contributed by atoms with Crippen LogP contribution in [0.4, 0.5) is 5.69 Å². The van der Waals surface area contributed by atoms with Gasteiger partial charge in [-0.15, -0.1) is 12.4 Å². The highest BCUT2D eigenvalue weighted by atomic mass is 35.5. The molecule has 1 atom stereocenters. The van der Waals surface area contributed by atoms with Crippen molar-refractivity contribution in [2.75, 3.05) is 32.5 Å². The number of anilines is 1. The number of benzene rings is 2. The Kier molecular flexibility index (Phi) is 6.53. The zero-order valence-corrected chi connectivity index (χ0v) is 15.3. The Hall–Kier alpha value is -1.95. The van der Waals surface area contributed by atoms with Crippen LogP contribution in [0.2, 0.25) is 5.02 Å². The van der Waals surface area contributed by atoms with Crippen LogP contribution in [0.15, 0.2) is 42.5 Å². The summed E-state index contributed by atoms with van der Waals surface area (Å²) in [7, 11) is 1.51. The Labute approximate surface area is 158 Å². The van der Waals surface area contributed by atoms with E-state index in [2.05, 4.69) is 0 Å². The molecule has 1 aliphatic rings. The minimum Gasteiger partial charge on any atom is -0.496 e. The van der Waals surface area contributed by atoms with Crippen molar-refractivity contribution in [3.8, 4) is 5.75 Å². The number of ether oxygens (including phenoxy) is 2. The maximum absolute atomic E-state index is 12.9. The standard InChI is InChI=1S/C18H19ClN2O3.ClH/c1-23-16-10-15(20)14(19)9-13(16)18(22)21-7-8-24-17(11-21)12-5-3-2-4-6-12;/h2-6,9-10,17H,7-8,11,20H2,1H3;1H. The molecule has 0 saturated carbocycles. The van der Waals surface area contributed by atoms with Crippen LogP contribution < -0.4 is 10.5 Å². The maximum atomic E-state index is 12.9. The lowest BCUT2D eigenvalue weighted by Gasteiger charge is -2.33. The van der Waals surface area contributed by atoms with Crippen LogP contribution in [0.3, 0.4) is 0 Å². The average Bonchev–Trinajstić information content (AvgIpc) is 2.64. The third-order valence-corrected chi connectivity index (χ3v) is 4.40. The van der Waals surface area contributed by atoms with Gasteiger partial charge in [-0.05, 0) is 11.6 Å². The molecule has 1 aliphatic heterocycles. The van der Waals surface area contributed by atoms with Crippen molar-refractivity contribution in [3.05, 3.63) is 58.6 Å². The molecule has 1 saturated heterocycles. The Balaban J connectivity index is 0.00000225. The predicted molar refractivity (Wildman–Crippen MR) is 101 cm³/mol. The highest BCUT2D eigenvalue weighted by molar-refractivity contribution is 6.33. The number of carbonyl (C=O) groups is 1. The summed E-state index contributed by atoms with van der Waals surface area (Å²) in [5.41, 5.74) is 7.63. The van der Waals surface area contributed by atoms with Gasteiger partial charge in [0.1, 0.15) is 11.9 Å². The molecule has 2 aromatic carbocycles. The van der Waals surface area contributed by atoms with E-state index in [9.17, 15) is 4.79 Å². The van der Waals surface area contributed by atoms with E-state index >= 15 is 0 Å². The first-order chi connectivity index (χ1) is 11.6. The van der Waals surface area contributed by atoms with E-state index in [1.807, 2.05) is 30.3 Å². The molecule has 1 heterocycles. The number of hydrogen-bond donors (Lipinski definition) is 1. The summed E-state index contributed by atoms with van der Waals surface area (Å²) < 4.78 is 11.1. The zero-order chi connectivity index (χ0) is 17.1. The van der Waals surface area contributed by atoms with Crippen LogP contribution in [0, 0.1) is 0 Å². The van der Waals surface area contributed by atoms with Crippen molar-refractivity contribution in [2.24, 2.45) is 0 Å². The summed E-state index contributed by atoms with van der Waals surface area (Å²) in [6, 6.07) is 13.0. The van der Waals surface area contributed by atoms with Crippen LogP contribution in [-0.4, -0.2) is 37.6 Å². The second-order valence-corrected chi connectivity index (χ2v) is 6.00. The van der Waals surface area contributed by atoms with Gasteiger partial charge < -0.3 is 20.1 Å². The first kappa shape index (κ1) is 19.4. The molecule has 1 fully saturated rings. The fraction of sp³-hybridized carbons (Fsp3) is 0.278. The molecule has 0 radical (unpaired) electrons. The molecule has 25 heavy (non-hydrogen) atoms. The van der Waals surface area contributed by atoms with Gasteiger partial charge in [-0.3, -0.25) is 4.79 Å². The highest BCUT2D eigenvalue weighted by Gasteiger charge is 2.28. The number of nitrogens with zero attached hydrogens (tertiary/aromatic N) is 1. The van der Waals surface area contributed by atoms with Gasteiger partial charge in [0.2, 0.25) is 0 Å². The minimum atomic E-state index is -0.141. The zero-order valence-electron chi connectivity index (χ0n) is 13.8. The van der Waals surface area contributed by atoms with Crippen LogP contribution >= 0.6 is 24.0 Å². The van der Waals surface area contributed by atoms with E-state index in [4.69, 9.17) is 26.8 Å². The number of methoxy groups -OCH3 is 1. The normalized spacial score (nSPS) is 16.9. The van der Waals surface area contributed by atoms with Crippen LogP contribution in [-0.2, 0) is 4.74 Å². The molecular weight excluding hydrogens is 363 g/mol. The number of morpholine rings is 1. The van der Waals surface area contributed by atoms with Crippen molar-refractivity contribution in [1.29, 1.82) is 0 Å². The van der Waals surface area contributed by atoms with E-state index in [0.29, 0.717) is 41.7 Å². The molecule has 2 N–H and O–H groups in total. The number of carbonyl (C=O) groups excluding carboxylic acids is 1. The molecule has 0 spiro atoms. The fourth-order valence-electron chi connectivity index (χ4n) is 2.78. The third-order valence-electron chi connectivity index (χ3n) is 4.07. The van der Waals surface area contributed by atoms with Crippen LogP contribution in [0.1, 0.15) is 22.0 Å². The van der Waals surface area contributed by atoms with Gasteiger partial charge in [0.25, 0.3) is 5.91 Å². The van der Waals surface area contributed by atoms with E-state index in [0.717, 1.165) is 5.56 Å². The van der Waals surface area contributed by atoms with Crippen molar-refractivity contribution in [2.45, 2.75) is 6.10 Å². The van der Waals surface area contributed by atoms with Gasteiger partial charge in [-0.1, -0.05) is 41.9 Å². The summed E-state index contributed by atoms with van der Waals surface area (Å²) in [5.74, 6) is 0.280. The van der Waals surface area contributed by atoms with Gasteiger partial charge in [-0.25, -0.2) is 0 Å². The first-order valence-corrected chi connectivity index (χ1v) is 8.06. The summed E-state index contributed by atoms with van der Waals surface area (Å²) in [6.45, 7) is 1.48. The number of nitrogen functional groups attached to an aromatic ring is 1. The smallest absolute Gasteiger partial charge is 0.257 e. The topological polar surface area (TPSA) is 64.8 Å². The molecule has 3 rings (SSSR count). The second-order valence-electron chi connectivity index (χ2n) is 5.60. The maximum Gasteiger partial charge on any atom is 0.257 e. The lowest BCUT2D eigenvalue weighted by molar-refractivity contribution is -0.0229. The van der Waals surface area contributed by atoms with Gasteiger partial charge in [-0.2, -0.15) is 0 Å². The Bertz CT molecular complexity index is 741. The molecule has 2 aromatic rings. The Morgan fingerprint density at radius 1 is 1.32 bits per heavy atom. The van der Waals surface area contributed by atoms with E-state index in [1.165, 1.54) is 7.11 Å². The second kappa shape index (κ2) is 8.43. The Morgan fingerprint density at radius 2 is 2.04 bits per heavy atom. The number of nitrogens with two attached hydrogens (primary N) is 1. The van der Waals surface area contributed by atoms with Gasteiger partial charge in [0.05, 0.1) is 36.5 Å². The molecule has 1 amide bonds. The number of halogens is 2. The Morgan fingerprint density at radius 3 is 2.72 bits per heavy atom. The first-order valence-electron chi connectivity index (χ1n) is 7.69. The number of amides is 1. The molecule has 5 nitrogen and oxygen atoms in total.